The van der Waals surface area contributed by atoms with Crippen molar-refractivity contribution in [3.8, 4) is 0 Å². The number of ether oxygens (including phenoxy) is 2. The van der Waals surface area contributed by atoms with Crippen LogP contribution in [0.4, 0.5) is 9.59 Å². The molecule has 0 saturated heterocycles. The van der Waals surface area contributed by atoms with Gasteiger partial charge < -0.3 is 9.47 Å². The van der Waals surface area contributed by atoms with Crippen LogP contribution in [0.3, 0.4) is 0 Å². The Balaban J connectivity index is 4.29. The zero-order valence-corrected chi connectivity index (χ0v) is 10.0. The molecule has 0 radical (unpaired) electrons. The number of carbonyl (C=O) groups excluding carboxylic acids is 4. The summed E-state index contributed by atoms with van der Waals surface area (Å²) in [6.45, 7) is 3.23. The first-order chi connectivity index (χ1) is 7.88. The van der Waals surface area contributed by atoms with Gasteiger partial charge >= 0.3 is 12.2 Å². The van der Waals surface area contributed by atoms with E-state index in [1.165, 1.54) is 20.8 Å². The summed E-state index contributed by atoms with van der Waals surface area (Å²) in [4.78, 5) is 44.5. The number of hydrogen-bond acceptors (Lipinski definition) is 6. The van der Waals surface area contributed by atoms with E-state index in [2.05, 4.69) is 9.47 Å². The molecule has 7 nitrogen and oxygen atoms in total. The minimum absolute atomic E-state index is 0.0213. The van der Waals surface area contributed by atoms with E-state index in [9.17, 15) is 19.2 Å². The van der Waals surface area contributed by atoms with Crippen LogP contribution in [-0.2, 0) is 19.1 Å². The molecule has 0 heterocycles. The summed E-state index contributed by atoms with van der Waals surface area (Å²) in [5, 5.41) is 0. The third-order valence-electron chi connectivity index (χ3n) is 1.55. The molecular weight excluding hydrogens is 230 g/mol. The maximum atomic E-state index is 11.3. The third-order valence-corrected chi connectivity index (χ3v) is 1.55. The first kappa shape index (κ1) is 15.1. The molecule has 7 heteroatoms. The van der Waals surface area contributed by atoms with E-state index in [1.807, 2.05) is 0 Å². The van der Waals surface area contributed by atoms with E-state index < -0.39 is 25.4 Å². The van der Waals surface area contributed by atoms with Crippen molar-refractivity contribution < 1.29 is 28.7 Å². The number of ketones is 2. The Kier molecular flexibility index (Phi) is 6.54. The summed E-state index contributed by atoms with van der Waals surface area (Å²) in [7, 11) is 0. The second-order valence-corrected chi connectivity index (χ2v) is 3.26. The lowest BCUT2D eigenvalue weighted by Crippen LogP contribution is -2.38. The number of hydrogen-bond donors (Lipinski definition) is 0. The predicted octanol–water partition coefficient (Wildman–Crippen LogP) is 0.760. The van der Waals surface area contributed by atoms with Crippen molar-refractivity contribution >= 4 is 23.8 Å². The van der Waals surface area contributed by atoms with Gasteiger partial charge in [-0.1, -0.05) is 0 Å². The summed E-state index contributed by atoms with van der Waals surface area (Å²) < 4.78 is 9.07. The van der Waals surface area contributed by atoms with Gasteiger partial charge in [0.25, 0.3) is 0 Å². The van der Waals surface area contributed by atoms with Gasteiger partial charge in [0.15, 0.2) is 24.8 Å². The molecule has 0 unspecified atom stereocenters. The Labute approximate surface area is 98.7 Å². The molecule has 0 aliphatic heterocycles. The van der Waals surface area contributed by atoms with Crippen molar-refractivity contribution in [1.29, 1.82) is 0 Å². The monoisotopic (exact) mass is 245 g/mol. The summed E-state index contributed by atoms with van der Waals surface area (Å²) in [5.41, 5.74) is 0. The van der Waals surface area contributed by atoms with E-state index in [4.69, 9.17) is 0 Å². The molecule has 0 aromatic heterocycles. The second-order valence-electron chi connectivity index (χ2n) is 3.26. The molecule has 17 heavy (non-hydrogen) atoms. The Morgan fingerprint density at radius 3 is 1.47 bits per heavy atom. The number of rotatable bonds is 5. The van der Waals surface area contributed by atoms with Gasteiger partial charge in [0, 0.05) is 6.54 Å². The van der Waals surface area contributed by atoms with Gasteiger partial charge in [0.05, 0.1) is 0 Å². The molecule has 0 aliphatic carbocycles. The Bertz CT molecular complexity index is 295. The average molecular weight is 245 g/mol. The molecule has 0 fully saturated rings. The van der Waals surface area contributed by atoms with Gasteiger partial charge in [0.1, 0.15) is 0 Å². The lowest BCUT2D eigenvalue weighted by atomic mass is 10.5. The van der Waals surface area contributed by atoms with Gasteiger partial charge in [-0.3, -0.25) is 9.59 Å². The van der Waals surface area contributed by atoms with Crippen LogP contribution in [0.2, 0.25) is 0 Å². The van der Waals surface area contributed by atoms with Gasteiger partial charge in [-0.25, -0.2) is 14.5 Å². The highest BCUT2D eigenvalue weighted by Crippen LogP contribution is 1.98. The standard InChI is InChI=1S/C10H15NO6/c1-4-11(9(14)16-5-7(2)12)10(15)17-6-8(3)13/h4-6H2,1-3H3. The molecule has 2 amide bonds. The molecule has 0 spiro atoms. The van der Waals surface area contributed by atoms with Gasteiger partial charge in [0.2, 0.25) is 0 Å². The van der Waals surface area contributed by atoms with Crippen LogP contribution in [0.25, 0.3) is 0 Å². The molecule has 0 aromatic rings. The van der Waals surface area contributed by atoms with Crippen LogP contribution in [0, 0.1) is 0 Å². The van der Waals surface area contributed by atoms with Crippen LogP contribution < -0.4 is 0 Å². The molecular formula is C10H15NO6. The summed E-state index contributed by atoms with van der Waals surface area (Å²) >= 11 is 0. The van der Waals surface area contributed by atoms with Crippen molar-refractivity contribution in [3.63, 3.8) is 0 Å². The quantitative estimate of drug-likeness (QED) is 0.710. The van der Waals surface area contributed by atoms with E-state index in [0.29, 0.717) is 4.90 Å². The normalized spacial score (nSPS) is 9.35. The first-order valence-corrected chi connectivity index (χ1v) is 4.98. The smallest absolute Gasteiger partial charge is 0.419 e. The van der Waals surface area contributed by atoms with Crippen LogP contribution in [-0.4, -0.2) is 48.4 Å². The topological polar surface area (TPSA) is 90.0 Å². The van der Waals surface area contributed by atoms with Crippen LogP contribution in [0.1, 0.15) is 20.8 Å². The third kappa shape index (κ3) is 6.29. The van der Waals surface area contributed by atoms with E-state index >= 15 is 0 Å². The molecule has 96 valence electrons. The largest absolute Gasteiger partial charge is 0.441 e. The predicted molar refractivity (Wildman–Crippen MR) is 56.4 cm³/mol. The van der Waals surface area contributed by atoms with Crippen molar-refractivity contribution in [2.24, 2.45) is 0 Å². The number of Topliss-reactive ketones (excluding diaryl/α,β-unsaturated/α-hetero) is 2. The second kappa shape index (κ2) is 7.37. The SMILES string of the molecule is CCN(C(=O)OCC(C)=O)C(=O)OCC(C)=O. The van der Waals surface area contributed by atoms with E-state index in [-0.39, 0.29) is 18.1 Å². The lowest BCUT2D eigenvalue weighted by molar-refractivity contribution is -0.120. The molecule has 0 aliphatic rings. The number of imide groups is 1. The zero-order chi connectivity index (χ0) is 13.4. The summed E-state index contributed by atoms with van der Waals surface area (Å²) in [5.74, 6) is -0.682. The molecule has 0 atom stereocenters. The van der Waals surface area contributed by atoms with Crippen molar-refractivity contribution in [1.82, 2.24) is 4.90 Å². The minimum atomic E-state index is -0.976. The van der Waals surface area contributed by atoms with Gasteiger partial charge in [-0.2, -0.15) is 0 Å². The number of nitrogens with zero attached hydrogens (tertiary/aromatic N) is 1. The average Bonchev–Trinajstić information content (AvgIpc) is 2.24. The lowest BCUT2D eigenvalue weighted by Gasteiger charge is -2.17. The fourth-order valence-electron chi connectivity index (χ4n) is 0.815. The van der Waals surface area contributed by atoms with Crippen LogP contribution in [0.5, 0.6) is 0 Å². The molecule has 0 rings (SSSR count). The zero-order valence-electron chi connectivity index (χ0n) is 10.0. The molecule has 0 N–H and O–H groups in total. The minimum Gasteiger partial charge on any atom is -0.441 e. The van der Waals surface area contributed by atoms with Crippen molar-refractivity contribution in [2.75, 3.05) is 19.8 Å². The van der Waals surface area contributed by atoms with Crippen molar-refractivity contribution in [2.45, 2.75) is 20.8 Å². The highest BCUT2D eigenvalue weighted by Gasteiger charge is 2.23. The summed E-state index contributed by atoms with van der Waals surface area (Å²) in [6.07, 6.45) is -1.95. The fraction of sp³-hybridized carbons (Fsp3) is 0.600. The fourth-order valence-corrected chi connectivity index (χ4v) is 0.815. The number of carbonyl (C=O) groups is 4. The van der Waals surface area contributed by atoms with E-state index in [0.717, 1.165) is 0 Å². The Morgan fingerprint density at radius 1 is 0.882 bits per heavy atom. The molecule has 0 saturated carbocycles. The highest BCUT2D eigenvalue weighted by molar-refractivity contribution is 5.90. The van der Waals surface area contributed by atoms with Crippen LogP contribution in [0.15, 0.2) is 0 Å². The molecule has 0 aromatic carbocycles. The van der Waals surface area contributed by atoms with Gasteiger partial charge in [-0.15, -0.1) is 0 Å². The van der Waals surface area contributed by atoms with Crippen LogP contribution >= 0.6 is 0 Å². The summed E-state index contributed by atoms with van der Waals surface area (Å²) in [6, 6.07) is 0. The van der Waals surface area contributed by atoms with Gasteiger partial charge in [-0.05, 0) is 20.8 Å². The Hall–Kier alpha value is -1.92. The first-order valence-electron chi connectivity index (χ1n) is 4.98. The maximum Gasteiger partial charge on any atom is 0.419 e. The number of amides is 2. The maximum absolute atomic E-state index is 11.3. The highest BCUT2D eigenvalue weighted by atomic mass is 16.6. The Morgan fingerprint density at radius 2 is 1.24 bits per heavy atom. The molecule has 0 bridgehead atoms. The van der Waals surface area contributed by atoms with Crippen molar-refractivity contribution in [3.05, 3.63) is 0 Å². The van der Waals surface area contributed by atoms with E-state index in [1.54, 1.807) is 0 Å².